The smallest absolute Gasteiger partial charge is 0.467 e. The molecule has 0 atom stereocenters. The molecule has 0 rings (SSSR count). The molecule has 0 radical (unpaired) electrons. The Morgan fingerprint density at radius 2 is 1.06 bits per heavy atom. The molecule has 0 saturated heterocycles. The average Bonchev–Trinajstić information content (AvgIpc) is 2.80. The first-order valence-corrected chi connectivity index (χ1v) is 13.4. The van der Waals surface area contributed by atoms with Crippen molar-refractivity contribution in [3.63, 3.8) is 0 Å². The van der Waals surface area contributed by atoms with E-state index in [0.717, 1.165) is 0 Å². The van der Waals surface area contributed by atoms with E-state index in [-0.39, 0.29) is 19.8 Å². The zero-order valence-electron chi connectivity index (χ0n) is 19.3. The Morgan fingerprint density at radius 3 is 1.42 bits per heavy atom. The number of esters is 2. The van der Waals surface area contributed by atoms with Gasteiger partial charge in [-0.3, -0.25) is 0 Å². The maximum absolute atomic E-state index is 10.8. The van der Waals surface area contributed by atoms with Crippen molar-refractivity contribution in [3.8, 4) is 0 Å². The van der Waals surface area contributed by atoms with E-state index in [0.29, 0.717) is 13.0 Å². The molecule has 0 amide bonds. The van der Waals surface area contributed by atoms with Gasteiger partial charge in [0.1, 0.15) is 13.2 Å². The van der Waals surface area contributed by atoms with Gasteiger partial charge in [0.25, 0.3) is 0 Å². The lowest BCUT2D eigenvalue weighted by molar-refractivity contribution is -0.146. The van der Waals surface area contributed by atoms with Gasteiger partial charge in [0, 0.05) is 47.5 Å². The molecule has 0 aromatic heterocycles. The second kappa shape index (κ2) is 18.0. The highest BCUT2D eigenvalue weighted by atomic mass is 28.4. The summed E-state index contributed by atoms with van der Waals surface area (Å²) in [7, 11) is 2.77. The second-order valence-electron chi connectivity index (χ2n) is 5.57. The zero-order chi connectivity index (χ0) is 24.3. The van der Waals surface area contributed by atoms with Crippen LogP contribution in [0, 0.1) is 0 Å². The molecule has 15 heteroatoms. The molecule has 31 heavy (non-hydrogen) atoms. The molecule has 0 bridgehead atoms. The maximum Gasteiger partial charge on any atom is 0.507 e. The Hall–Kier alpha value is -1.60. The first-order chi connectivity index (χ1) is 14.5. The Bertz CT molecular complexity index is 494. The van der Waals surface area contributed by atoms with Crippen LogP contribution in [0.1, 0.15) is 6.42 Å². The Morgan fingerprint density at radius 1 is 0.613 bits per heavy atom. The molecule has 0 fully saturated rings. The summed E-state index contributed by atoms with van der Waals surface area (Å²) in [6.45, 7) is 3.45. The van der Waals surface area contributed by atoms with Gasteiger partial charge in [-0.2, -0.15) is 0 Å². The summed E-state index contributed by atoms with van der Waals surface area (Å²) < 4.78 is 48.6. The van der Waals surface area contributed by atoms with Crippen LogP contribution in [0.4, 0.5) is 4.79 Å². The second-order valence-corrected chi connectivity index (χ2v) is 11.1. The highest BCUT2D eigenvalue weighted by Gasteiger charge is 2.35. The van der Waals surface area contributed by atoms with Gasteiger partial charge in [-0.1, -0.05) is 0 Å². The Kier molecular flexibility index (Phi) is 18.4. The molecule has 0 aliphatic carbocycles. The van der Waals surface area contributed by atoms with E-state index in [1.807, 2.05) is 0 Å². The normalized spacial score (nSPS) is 11.1. The predicted molar refractivity (Wildman–Crippen MR) is 109 cm³/mol. The van der Waals surface area contributed by atoms with Crippen molar-refractivity contribution < 1.29 is 59.9 Å². The van der Waals surface area contributed by atoms with E-state index in [1.54, 1.807) is 27.3 Å². The number of hydrogen-bond donors (Lipinski definition) is 0. The van der Waals surface area contributed by atoms with Crippen molar-refractivity contribution in [3.05, 3.63) is 0 Å². The molecule has 13 nitrogen and oxygen atoms in total. The third-order valence-corrected chi connectivity index (χ3v) is 7.80. The molecule has 0 aliphatic heterocycles. The summed E-state index contributed by atoms with van der Waals surface area (Å²) in [5.41, 5.74) is 0. The minimum atomic E-state index is -2.98. The highest BCUT2D eigenvalue weighted by molar-refractivity contribution is 6.59. The zero-order valence-corrected chi connectivity index (χ0v) is 21.3. The Labute approximate surface area is 184 Å². The minimum Gasteiger partial charge on any atom is -0.467 e. The van der Waals surface area contributed by atoms with Gasteiger partial charge in [0.2, 0.25) is 0 Å². The standard InChI is InChI=1S/C8H16O7Si.C8H18O6Si/c1-11-7(9)5-14-16(4,13-3)15-6-8(10)12-2;1-10-8(9)13-6-5-7-14-15(4,11-2)12-3/h5-6H2,1-4H3;5-7H2,1-4H3. The summed E-state index contributed by atoms with van der Waals surface area (Å²) in [5, 5.41) is 0. The summed E-state index contributed by atoms with van der Waals surface area (Å²) in [6, 6.07) is 0. The van der Waals surface area contributed by atoms with Crippen molar-refractivity contribution in [1.29, 1.82) is 0 Å². The topological polar surface area (TPSA) is 144 Å². The molecule has 0 aromatic carbocycles. The van der Waals surface area contributed by atoms with Gasteiger partial charge >= 0.3 is 35.7 Å². The molecular weight excluding hydrogens is 456 g/mol. The molecule has 0 heterocycles. The van der Waals surface area contributed by atoms with E-state index in [9.17, 15) is 14.4 Å². The summed E-state index contributed by atoms with van der Waals surface area (Å²) in [4.78, 5) is 32.2. The number of rotatable bonds is 14. The molecule has 0 saturated carbocycles. The average molecular weight is 491 g/mol. The largest absolute Gasteiger partial charge is 0.507 e. The van der Waals surface area contributed by atoms with Gasteiger partial charge in [0.05, 0.1) is 27.9 Å². The van der Waals surface area contributed by atoms with E-state index in [1.165, 1.54) is 28.4 Å². The summed E-state index contributed by atoms with van der Waals surface area (Å²) >= 11 is 0. The van der Waals surface area contributed by atoms with Crippen LogP contribution in [0.5, 0.6) is 0 Å². The predicted octanol–water partition coefficient (Wildman–Crippen LogP) is 0.618. The summed E-state index contributed by atoms with van der Waals surface area (Å²) in [5.74, 6) is -1.09. The molecule has 0 spiro atoms. The fourth-order valence-corrected chi connectivity index (χ4v) is 3.39. The van der Waals surface area contributed by atoms with E-state index >= 15 is 0 Å². The highest BCUT2D eigenvalue weighted by Crippen LogP contribution is 2.08. The first-order valence-electron chi connectivity index (χ1n) is 8.96. The number of carbonyl (C=O) groups is 3. The van der Waals surface area contributed by atoms with Crippen molar-refractivity contribution in [2.45, 2.75) is 19.5 Å². The van der Waals surface area contributed by atoms with E-state index in [4.69, 9.17) is 26.6 Å². The van der Waals surface area contributed by atoms with Crippen LogP contribution in [0.2, 0.25) is 13.1 Å². The number of hydrogen-bond acceptors (Lipinski definition) is 13. The van der Waals surface area contributed by atoms with Crippen LogP contribution in [0.15, 0.2) is 0 Å². The molecule has 0 N–H and O–H groups in total. The number of ether oxygens (including phenoxy) is 4. The molecule has 0 aliphatic rings. The quantitative estimate of drug-likeness (QED) is 0.145. The third-order valence-electron chi connectivity index (χ3n) is 3.51. The van der Waals surface area contributed by atoms with Gasteiger partial charge in [-0.05, 0) is 0 Å². The molecule has 184 valence electrons. The Balaban J connectivity index is 0. The van der Waals surface area contributed by atoms with Gasteiger partial charge in [-0.15, -0.1) is 0 Å². The van der Waals surface area contributed by atoms with Crippen LogP contribution >= 0.6 is 0 Å². The van der Waals surface area contributed by atoms with Crippen LogP contribution < -0.4 is 0 Å². The fourth-order valence-electron chi connectivity index (χ4n) is 1.39. The van der Waals surface area contributed by atoms with Crippen LogP contribution in [-0.4, -0.2) is 105 Å². The number of carbonyl (C=O) groups excluding carboxylic acids is 3. The van der Waals surface area contributed by atoms with Gasteiger partial charge in [-0.25, -0.2) is 14.4 Å². The van der Waals surface area contributed by atoms with Crippen molar-refractivity contribution >= 4 is 35.7 Å². The van der Waals surface area contributed by atoms with E-state index in [2.05, 4.69) is 18.9 Å². The lowest BCUT2D eigenvalue weighted by Gasteiger charge is -2.22. The first kappa shape index (κ1) is 31.6. The lowest BCUT2D eigenvalue weighted by atomic mass is 10.5. The van der Waals surface area contributed by atoms with Gasteiger partial charge in [0.15, 0.2) is 0 Å². The fraction of sp³-hybridized carbons (Fsp3) is 0.812. The van der Waals surface area contributed by atoms with Crippen molar-refractivity contribution in [2.75, 3.05) is 69.1 Å². The van der Waals surface area contributed by atoms with Crippen molar-refractivity contribution in [2.24, 2.45) is 0 Å². The number of methoxy groups -OCH3 is 3. The molecule has 0 aromatic rings. The van der Waals surface area contributed by atoms with Crippen LogP contribution in [0.25, 0.3) is 0 Å². The molecule has 0 unspecified atom stereocenters. The SMILES string of the molecule is COC(=O)CO[Si](C)(OC)OCC(=O)OC.COC(=O)OCCCO[Si](C)(OC)OC. The van der Waals surface area contributed by atoms with Crippen molar-refractivity contribution in [1.82, 2.24) is 0 Å². The lowest BCUT2D eigenvalue weighted by Crippen LogP contribution is -2.44. The minimum absolute atomic E-state index is 0.255. The van der Waals surface area contributed by atoms with E-state index < -0.39 is 35.7 Å². The summed E-state index contributed by atoms with van der Waals surface area (Å²) in [6.07, 6.45) is -0.113. The third kappa shape index (κ3) is 16.7. The monoisotopic (exact) mass is 490 g/mol. The maximum atomic E-state index is 10.8. The molecular formula is C16H34O13Si2. The van der Waals surface area contributed by atoms with Crippen LogP contribution in [-0.2, 0) is 55.1 Å². The van der Waals surface area contributed by atoms with Gasteiger partial charge < -0.3 is 45.5 Å². The van der Waals surface area contributed by atoms with Crippen LogP contribution in [0.3, 0.4) is 0 Å².